The molecule has 28 heavy (non-hydrogen) atoms. The van der Waals surface area contributed by atoms with Crippen LogP contribution in [-0.4, -0.2) is 51.8 Å². The van der Waals surface area contributed by atoms with E-state index in [1.165, 1.54) is 5.56 Å². The van der Waals surface area contributed by atoms with Crippen molar-refractivity contribution in [3.05, 3.63) is 34.9 Å². The number of hydrogen-bond donors (Lipinski definition) is 2. The van der Waals surface area contributed by atoms with Gasteiger partial charge in [-0.2, -0.15) is 4.98 Å². The number of aromatic nitrogens is 3. The molecule has 3 N–H and O–H groups in total. The monoisotopic (exact) mass is 448 g/mol. The number of anilines is 2. The van der Waals surface area contributed by atoms with Crippen molar-refractivity contribution in [2.24, 2.45) is 0 Å². The molecule has 0 aliphatic carbocycles. The van der Waals surface area contributed by atoms with E-state index in [0.717, 1.165) is 56.3 Å². The van der Waals surface area contributed by atoms with Gasteiger partial charge in [-0.25, -0.2) is 5.10 Å². The van der Waals surface area contributed by atoms with Crippen LogP contribution in [0.4, 0.5) is 11.9 Å². The van der Waals surface area contributed by atoms with Crippen LogP contribution in [0.1, 0.15) is 38.7 Å². The van der Waals surface area contributed by atoms with Crippen LogP contribution in [0.2, 0.25) is 5.02 Å². The van der Waals surface area contributed by atoms with Crippen LogP contribution >= 0.6 is 36.4 Å². The maximum Gasteiger partial charge on any atom is 0.246 e. The number of nitrogen functional groups attached to an aromatic ring is 1. The maximum absolute atomic E-state index is 6.02. The highest BCUT2D eigenvalue weighted by Crippen LogP contribution is 2.24. The summed E-state index contributed by atoms with van der Waals surface area (Å²) >= 11 is 6.02. The van der Waals surface area contributed by atoms with Gasteiger partial charge in [-0.1, -0.05) is 37.6 Å². The highest BCUT2D eigenvalue weighted by atomic mass is 35.5. The third-order valence-corrected chi connectivity index (χ3v) is 5.65. The number of nitrogens with two attached hydrogens (primary N) is 1. The van der Waals surface area contributed by atoms with Gasteiger partial charge >= 0.3 is 0 Å². The van der Waals surface area contributed by atoms with E-state index in [1.54, 1.807) is 0 Å². The summed E-state index contributed by atoms with van der Waals surface area (Å²) in [6.45, 7) is 7.57. The van der Waals surface area contributed by atoms with E-state index in [2.05, 4.69) is 51.0 Å². The van der Waals surface area contributed by atoms with Crippen LogP contribution < -0.4 is 10.6 Å². The lowest BCUT2D eigenvalue weighted by atomic mass is 9.96. The lowest BCUT2D eigenvalue weighted by Crippen LogP contribution is -2.49. The lowest BCUT2D eigenvalue weighted by molar-refractivity contribution is 0.116. The van der Waals surface area contributed by atoms with Gasteiger partial charge in [0.15, 0.2) is 0 Å². The molecule has 6 nitrogen and oxygen atoms in total. The molecule has 1 saturated heterocycles. The molecule has 1 aliphatic heterocycles. The summed E-state index contributed by atoms with van der Waals surface area (Å²) in [4.78, 5) is 9.15. The summed E-state index contributed by atoms with van der Waals surface area (Å²) in [5.74, 6) is 1.10. The standard InChI is InChI=1S/C19H29ClN6.2ClH/c1-3-16(13-14-5-7-15(20)8-6-14)26(4-2)17-9-11-25(12-10-17)19-22-18(21)23-24-19;;/h5-8,16-17H,3-4,9-13H2,1-2H3,(H3,21,22,23,24);2*1H. The zero-order valence-corrected chi connectivity index (χ0v) is 18.9. The molecular weight excluding hydrogens is 419 g/mol. The smallest absolute Gasteiger partial charge is 0.246 e. The number of aromatic amines is 1. The van der Waals surface area contributed by atoms with Crippen molar-refractivity contribution in [3.8, 4) is 0 Å². The Balaban J connectivity index is 0.00000196. The van der Waals surface area contributed by atoms with Crippen molar-refractivity contribution < 1.29 is 0 Å². The number of nitrogens with one attached hydrogen (secondary N) is 1. The number of piperidine rings is 1. The molecule has 0 bridgehead atoms. The van der Waals surface area contributed by atoms with Crippen molar-refractivity contribution in [2.45, 2.75) is 51.6 Å². The van der Waals surface area contributed by atoms with Gasteiger partial charge in [0, 0.05) is 30.2 Å². The molecule has 1 fully saturated rings. The summed E-state index contributed by atoms with van der Waals surface area (Å²) in [5, 5.41) is 7.71. The summed E-state index contributed by atoms with van der Waals surface area (Å²) in [7, 11) is 0. The zero-order chi connectivity index (χ0) is 18.5. The molecule has 0 radical (unpaired) electrons. The van der Waals surface area contributed by atoms with Crippen LogP contribution in [0.15, 0.2) is 24.3 Å². The fourth-order valence-electron chi connectivity index (χ4n) is 4.01. The van der Waals surface area contributed by atoms with Gasteiger partial charge in [0.1, 0.15) is 0 Å². The predicted molar refractivity (Wildman–Crippen MR) is 122 cm³/mol. The molecule has 9 heteroatoms. The molecule has 2 heterocycles. The van der Waals surface area contributed by atoms with Crippen LogP contribution in [-0.2, 0) is 6.42 Å². The highest BCUT2D eigenvalue weighted by Gasteiger charge is 2.29. The van der Waals surface area contributed by atoms with E-state index in [1.807, 2.05) is 12.1 Å². The average Bonchev–Trinajstić information content (AvgIpc) is 3.10. The van der Waals surface area contributed by atoms with E-state index in [9.17, 15) is 0 Å². The molecule has 1 unspecified atom stereocenters. The minimum atomic E-state index is 0. The molecular formula is C19H31Cl3N6. The topological polar surface area (TPSA) is 74.1 Å². The average molecular weight is 450 g/mol. The largest absolute Gasteiger partial charge is 0.368 e. The van der Waals surface area contributed by atoms with Gasteiger partial charge in [0.25, 0.3) is 0 Å². The molecule has 0 amide bonds. The van der Waals surface area contributed by atoms with Crippen LogP contribution in [0.25, 0.3) is 0 Å². The van der Waals surface area contributed by atoms with E-state index >= 15 is 0 Å². The number of halogens is 3. The Kier molecular flexibility index (Phi) is 10.4. The third-order valence-electron chi connectivity index (χ3n) is 5.40. The van der Waals surface area contributed by atoms with Gasteiger partial charge in [0.2, 0.25) is 11.9 Å². The van der Waals surface area contributed by atoms with Gasteiger partial charge in [-0.05, 0) is 49.9 Å². The summed E-state index contributed by atoms with van der Waals surface area (Å²) in [5.41, 5.74) is 7.01. The highest BCUT2D eigenvalue weighted by molar-refractivity contribution is 6.30. The molecule has 0 spiro atoms. The van der Waals surface area contributed by atoms with Crippen molar-refractivity contribution in [1.82, 2.24) is 20.1 Å². The van der Waals surface area contributed by atoms with E-state index in [0.29, 0.717) is 18.0 Å². The minimum absolute atomic E-state index is 0. The first-order valence-electron chi connectivity index (χ1n) is 9.53. The van der Waals surface area contributed by atoms with Gasteiger partial charge < -0.3 is 10.6 Å². The Labute approximate surface area is 185 Å². The first kappa shape index (κ1) is 24.8. The quantitative estimate of drug-likeness (QED) is 0.663. The number of nitrogens with zero attached hydrogens (tertiary/aromatic N) is 4. The minimum Gasteiger partial charge on any atom is -0.368 e. The van der Waals surface area contributed by atoms with E-state index in [-0.39, 0.29) is 24.8 Å². The molecule has 1 aromatic heterocycles. The second-order valence-corrected chi connectivity index (χ2v) is 7.40. The van der Waals surface area contributed by atoms with Crippen molar-refractivity contribution in [3.63, 3.8) is 0 Å². The molecule has 1 atom stereocenters. The summed E-state index contributed by atoms with van der Waals surface area (Å²) in [6.07, 6.45) is 4.46. The first-order valence-corrected chi connectivity index (χ1v) is 9.91. The lowest BCUT2D eigenvalue weighted by Gasteiger charge is -2.41. The van der Waals surface area contributed by atoms with Crippen LogP contribution in [0.5, 0.6) is 0 Å². The fraction of sp³-hybridized carbons (Fsp3) is 0.579. The predicted octanol–water partition coefficient (Wildman–Crippen LogP) is 4.20. The Morgan fingerprint density at radius 3 is 2.36 bits per heavy atom. The first-order chi connectivity index (χ1) is 12.6. The maximum atomic E-state index is 6.02. The summed E-state index contributed by atoms with van der Waals surface area (Å²) < 4.78 is 0. The fourth-order valence-corrected chi connectivity index (χ4v) is 4.13. The number of hydrogen-bond acceptors (Lipinski definition) is 5. The SMILES string of the molecule is CCC(Cc1ccc(Cl)cc1)N(CC)C1CCN(c2n[nH]c(N)n2)CC1.Cl.Cl. The van der Waals surface area contributed by atoms with Crippen molar-refractivity contribution in [1.29, 1.82) is 0 Å². The zero-order valence-electron chi connectivity index (χ0n) is 16.5. The number of likely N-dealkylation sites (N-methyl/N-ethyl adjacent to an activating group) is 1. The molecule has 1 aromatic carbocycles. The summed E-state index contributed by atoms with van der Waals surface area (Å²) in [6, 6.07) is 9.42. The Bertz CT molecular complexity index is 685. The van der Waals surface area contributed by atoms with E-state index in [4.69, 9.17) is 17.3 Å². The third kappa shape index (κ3) is 6.14. The second kappa shape index (κ2) is 11.7. The molecule has 1 aliphatic rings. The molecule has 0 saturated carbocycles. The number of H-pyrrole nitrogens is 1. The molecule has 3 rings (SSSR count). The Hall–Kier alpha value is -1.21. The van der Waals surface area contributed by atoms with Crippen LogP contribution in [0.3, 0.4) is 0 Å². The van der Waals surface area contributed by atoms with Gasteiger partial charge in [0.05, 0.1) is 0 Å². The normalized spacial score (nSPS) is 15.8. The van der Waals surface area contributed by atoms with Crippen molar-refractivity contribution in [2.75, 3.05) is 30.3 Å². The van der Waals surface area contributed by atoms with Gasteiger partial charge in [-0.3, -0.25) is 4.90 Å². The van der Waals surface area contributed by atoms with Crippen molar-refractivity contribution >= 4 is 48.3 Å². The number of benzene rings is 1. The van der Waals surface area contributed by atoms with E-state index < -0.39 is 0 Å². The second-order valence-electron chi connectivity index (χ2n) is 6.96. The Morgan fingerprint density at radius 2 is 1.86 bits per heavy atom. The van der Waals surface area contributed by atoms with Crippen LogP contribution in [0, 0.1) is 0 Å². The molecule has 158 valence electrons. The number of rotatable bonds is 7. The van der Waals surface area contributed by atoms with Gasteiger partial charge in [-0.15, -0.1) is 29.9 Å². The Morgan fingerprint density at radius 1 is 1.21 bits per heavy atom. The molecule has 2 aromatic rings.